The number of aryl methyl sites for hydroxylation is 1. The Kier molecular flexibility index (Phi) is 6.89. The number of benzene rings is 3. The molecule has 0 bridgehead atoms. The van der Waals surface area contributed by atoms with Crippen molar-refractivity contribution in [3.8, 4) is 11.5 Å². The molecule has 0 spiro atoms. The second kappa shape index (κ2) is 10.6. The molecule has 4 aromatic rings. The number of amides is 1. The van der Waals surface area contributed by atoms with E-state index in [1.165, 1.54) is 11.9 Å². The lowest BCUT2D eigenvalue weighted by atomic mass is 9.94. The highest BCUT2D eigenvalue weighted by Gasteiger charge is 2.33. The van der Waals surface area contributed by atoms with E-state index in [0.717, 1.165) is 22.4 Å². The standard InChI is InChI=1S/C29H29N5O3/c1-19-9-11-22(12-10-19)17-37-24-14-13-23(15-25(24)36-3)27-26(20(2)33-29-31-18-32-34(27)29)28(35)30-16-21-7-5-4-6-8-21/h4-15,18,27H,16-17H2,1-3H3,(H,30,35)(H,31,32,33). The molecule has 3 aromatic carbocycles. The van der Waals surface area contributed by atoms with Crippen molar-refractivity contribution in [2.45, 2.75) is 33.0 Å². The Morgan fingerprint density at radius 2 is 1.78 bits per heavy atom. The zero-order chi connectivity index (χ0) is 25.8. The minimum atomic E-state index is -0.491. The molecule has 1 aliphatic heterocycles. The van der Waals surface area contributed by atoms with Gasteiger partial charge in [-0.2, -0.15) is 10.1 Å². The predicted octanol–water partition coefficient (Wildman–Crippen LogP) is 4.78. The van der Waals surface area contributed by atoms with Gasteiger partial charge in [0.1, 0.15) is 19.0 Å². The minimum absolute atomic E-state index is 0.182. The average molecular weight is 496 g/mol. The smallest absolute Gasteiger partial charge is 0.251 e. The summed E-state index contributed by atoms with van der Waals surface area (Å²) in [6, 6.07) is 23.2. The van der Waals surface area contributed by atoms with Crippen LogP contribution in [0.4, 0.5) is 5.95 Å². The number of fused-ring (bicyclic) bond motifs is 1. The molecule has 2 N–H and O–H groups in total. The number of nitrogens with one attached hydrogen (secondary N) is 2. The number of ether oxygens (including phenoxy) is 2. The van der Waals surface area contributed by atoms with E-state index in [4.69, 9.17) is 9.47 Å². The van der Waals surface area contributed by atoms with E-state index in [-0.39, 0.29) is 5.91 Å². The number of allylic oxidation sites excluding steroid dienone is 1. The Labute approximate surface area is 216 Å². The van der Waals surface area contributed by atoms with Crippen molar-refractivity contribution in [3.05, 3.63) is 113 Å². The van der Waals surface area contributed by atoms with E-state index in [1.807, 2.05) is 67.6 Å². The molecule has 0 radical (unpaired) electrons. The highest BCUT2D eigenvalue weighted by molar-refractivity contribution is 5.96. The van der Waals surface area contributed by atoms with Gasteiger partial charge in [-0.25, -0.2) is 4.68 Å². The number of hydrogen-bond acceptors (Lipinski definition) is 6. The third-order valence-corrected chi connectivity index (χ3v) is 6.35. The molecule has 37 heavy (non-hydrogen) atoms. The first kappa shape index (κ1) is 24.1. The first-order valence-electron chi connectivity index (χ1n) is 12.1. The Balaban J connectivity index is 1.43. The second-order valence-electron chi connectivity index (χ2n) is 8.95. The van der Waals surface area contributed by atoms with Gasteiger partial charge in [-0.15, -0.1) is 0 Å². The number of hydrogen-bond donors (Lipinski definition) is 2. The normalized spacial score (nSPS) is 14.5. The lowest BCUT2D eigenvalue weighted by Crippen LogP contribution is -2.34. The summed E-state index contributed by atoms with van der Waals surface area (Å²) in [6.45, 7) is 4.77. The quantitative estimate of drug-likeness (QED) is 0.366. The van der Waals surface area contributed by atoms with Crippen molar-refractivity contribution in [1.82, 2.24) is 20.1 Å². The molecule has 0 fully saturated rings. The Hall–Kier alpha value is -4.59. The molecule has 5 rings (SSSR count). The monoisotopic (exact) mass is 495 g/mol. The van der Waals surface area contributed by atoms with Gasteiger partial charge in [-0.1, -0.05) is 66.2 Å². The van der Waals surface area contributed by atoms with E-state index in [2.05, 4.69) is 39.8 Å². The largest absolute Gasteiger partial charge is 0.493 e. The second-order valence-corrected chi connectivity index (χ2v) is 8.95. The van der Waals surface area contributed by atoms with Crippen LogP contribution in [0.5, 0.6) is 11.5 Å². The molecule has 0 saturated carbocycles. The first-order chi connectivity index (χ1) is 18.0. The van der Waals surface area contributed by atoms with Gasteiger partial charge in [-0.05, 0) is 42.7 Å². The average Bonchev–Trinajstić information content (AvgIpc) is 3.39. The van der Waals surface area contributed by atoms with Crippen molar-refractivity contribution < 1.29 is 14.3 Å². The van der Waals surface area contributed by atoms with E-state index < -0.39 is 6.04 Å². The number of anilines is 1. The van der Waals surface area contributed by atoms with Gasteiger partial charge in [0.05, 0.1) is 12.7 Å². The van der Waals surface area contributed by atoms with Crippen LogP contribution in [0.2, 0.25) is 0 Å². The summed E-state index contributed by atoms with van der Waals surface area (Å²) in [5, 5.41) is 10.7. The lowest BCUT2D eigenvalue weighted by Gasteiger charge is -2.29. The number of rotatable bonds is 8. The van der Waals surface area contributed by atoms with Crippen molar-refractivity contribution in [2.75, 3.05) is 12.4 Å². The predicted molar refractivity (Wildman–Crippen MR) is 141 cm³/mol. The number of carbonyl (C=O) groups is 1. The molecule has 0 saturated heterocycles. The van der Waals surface area contributed by atoms with Gasteiger partial charge < -0.3 is 20.1 Å². The van der Waals surface area contributed by atoms with Crippen molar-refractivity contribution in [3.63, 3.8) is 0 Å². The molecule has 1 aliphatic rings. The van der Waals surface area contributed by atoms with E-state index in [1.54, 1.807) is 11.8 Å². The maximum Gasteiger partial charge on any atom is 0.251 e. The van der Waals surface area contributed by atoms with Crippen LogP contribution in [0.1, 0.15) is 35.2 Å². The van der Waals surface area contributed by atoms with Crippen molar-refractivity contribution in [2.24, 2.45) is 0 Å². The molecular formula is C29H29N5O3. The van der Waals surface area contributed by atoms with Crippen molar-refractivity contribution in [1.29, 1.82) is 0 Å². The number of methoxy groups -OCH3 is 1. The summed E-state index contributed by atoms with van der Waals surface area (Å²) >= 11 is 0. The minimum Gasteiger partial charge on any atom is -0.493 e. The summed E-state index contributed by atoms with van der Waals surface area (Å²) in [7, 11) is 1.61. The van der Waals surface area contributed by atoms with Crippen LogP contribution in [0.15, 0.2) is 90.4 Å². The van der Waals surface area contributed by atoms with Crippen LogP contribution in [0, 0.1) is 6.92 Å². The summed E-state index contributed by atoms with van der Waals surface area (Å²) < 4.78 is 13.5. The van der Waals surface area contributed by atoms with Crippen LogP contribution in [-0.2, 0) is 17.9 Å². The molecule has 8 heteroatoms. The van der Waals surface area contributed by atoms with E-state index in [9.17, 15) is 4.79 Å². The van der Waals surface area contributed by atoms with Crippen molar-refractivity contribution >= 4 is 11.9 Å². The molecule has 1 atom stereocenters. The Morgan fingerprint density at radius 1 is 1.00 bits per heavy atom. The fourth-order valence-electron chi connectivity index (χ4n) is 4.39. The molecule has 2 heterocycles. The summed E-state index contributed by atoms with van der Waals surface area (Å²) in [4.78, 5) is 17.8. The molecular weight excluding hydrogens is 466 g/mol. The molecule has 8 nitrogen and oxygen atoms in total. The number of nitrogens with zero attached hydrogens (tertiary/aromatic N) is 3. The topological polar surface area (TPSA) is 90.3 Å². The summed E-state index contributed by atoms with van der Waals surface area (Å²) in [5.41, 5.74) is 5.40. The van der Waals surface area contributed by atoms with E-state index >= 15 is 0 Å². The Bertz CT molecular complexity index is 1430. The molecule has 1 unspecified atom stereocenters. The van der Waals surface area contributed by atoms with Crippen LogP contribution < -0.4 is 20.1 Å². The van der Waals surface area contributed by atoms with E-state index in [0.29, 0.717) is 36.2 Å². The lowest BCUT2D eigenvalue weighted by molar-refractivity contribution is -0.118. The SMILES string of the molecule is COc1cc(C2C(C(=O)NCc3ccccc3)=C(C)Nc3ncnn32)ccc1OCc1ccc(C)cc1. The fourth-order valence-corrected chi connectivity index (χ4v) is 4.39. The third-order valence-electron chi connectivity index (χ3n) is 6.35. The van der Waals surface area contributed by atoms with Crippen LogP contribution in [0.3, 0.4) is 0 Å². The van der Waals surface area contributed by atoms with Gasteiger partial charge in [0, 0.05) is 12.2 Å². The van der Waals surface area contributed by atoms with Gasteiger partial charge in [0.25, 0.3) is 5.91 Å². The fraction of sp³-hybridized carbons (Fsp3) is 0.207. The van der Waals surface area contributed by atoms with Crippen LogP contribution >= 0.6 is 0 Å². The first-order valence-corrected chi connectivity index (χ1v) is 12.1. The van der Waals surface area contributed by atoms with Gasteiger partial charge in [0.15, 0.2) is 11.5 Å². The third kappa shape index (κ3) is 5.18. The number of carbonyl (C=O) groups excluding carboxylic acids is 1. The molecule has 188 valence electrons. The maximum atomic E-state index is 13.5. The molecule has 1 aromatic heterocycles. The maximum absolute atomic E-state index is 13.5. The summed E-state index contributed by atoms with van der Waals surface area (Å²) in [5.74, 6) is 1.58. The zero-order valence-electron chi connectivity index (χ0n) is 21.1. The zero-order valence-corrected chi connectivity index (χ0v) is 21.1. The Morgan fingerprint density at radius 3 is 2.54 bits per heavy atom. The highest BCUT2D eigenvalue weighted by atomic mass is 16.5. The molecule has 0 aliphatic carbocycles. The summed E-state index contributed by atoms with van der Waals surface area (Å²) in [6.07, 6.45) is 1.48. The van der Waals surface area contributed by atoms with Crippen LogP contribution in [-0.4, -0.2) is 27.8 Å². The van der Waals surface area contributed by atoms with Gasteiger partial charge in [0.2, 0.25) is 5.95 Å². The van der Waals surface area contributed by atoms with Gasteiger partial charge >= 0.3 is 0 Å². The highest BCUT2D eigenvalue weighted by Crippen LogP contribution is 2.38. The molecule has 1 amide bonds. The number of aromatic nitrogens is 3. The van der Waals surface area contributed by atoms with Gasteiger partial charge in [-0.3, -0.25) is 4.79 Å². The van der Waals surface area contributed by atoms with Crippen LogP contribution in [0.25, 0.3) is 0 Å².